The van der Waals surface area contributed by atoms with Crippen molar-refractivity contribution < 1.29 is 74.9 Å². The third-order valence-corrected chi connectivity index (χ3v) is 14.0. The second-order valence-electron chi connectivity index (χ2n) is 13.2. The maximum absolute atomic E-state index is 16.4. The zero-order chi connectivity index (χ0) is 41.6. The van der Waals surface area contributed by atoms with Crippen LogP contribution in [0.1, 0.15) is 22.1 Å². The van der Waals surface area contributed by atoms with Crippen LogP contribution in [0.25, 0.3) is 11.2 Å². The van der Waals surface area contributed by atoms with Crippen LogP contribution in [-0.2, 0) is 42.5 Å². The molecule has 0 saturated carbocycles. The van der Waals surface area contributed by atoms with Crippen molar-refractivity contribution in [2.24, 2.45) is 0 Å². The third kappa shape index (κ3) is 8.70. The molecule has 2 amide bonds. The lowest BCUT2D eigenvalue weighted by Gasteiger charge is -2.33. The summed E-state index contributed by atoms with van der Waals surface area (Å²) in [4.78, 5) is 49.1. The maximum atomic E-state index is 16.4. The van der Waals surface area contributed by atoms with Crippen molar-refractivity contribution in [2.75, 3.05) is 18.9 Å². The number of ether oxygens (including phenoxy) is 3. The number of nitrogen functional groups attached to an aromatic ring is 1. The number of fused-ring (bicyclic) bond motifs is 4. The van der Waals surface area contributed by atoms with Crippen molar-refractivity contribution in [3.63, 3.8) is 0 Å². The Balaban J connectivity index is 1.07. The SMILES string of the molecule is Nc1ncnc2c1ncn2[C@@H]1OC2CO[P@@](=O)(SCc3ccc(OC(=O)c4ccc(O)cc4)cc3)O[C@@H]3[C@H](F)[C@@H](COP(=O)(O)O[C@H]2[C@H]1F)O[C@H]3N1C=CC(O)NC1=O. The van der Waals surface area contributed by atoms with Crippen molar-refractivity contribution >= 4 is 55.0 Å². The number of rotatable bonds is 7. The minimum absolute atomic E-state index is 0.0209. The number of carbonyl (C=O) groups is 2. The first-order valence-electron chi connectivity index (χ1n) is 17.5. The Labute approximate surface area is 335 Å². The highest BCUT2D eigenvalue weighted by Crippen LogP contribution is 2.64. The fourth-order valence-electron chi connectivity index (χ4n) is 6.43. The van der Waals surface area contributed by atoms with Crippen molar-refractivity contribution in [1.29, 1.82) is 0 Å². The van der Waals surface area contributed by atoms with Gasteiger partial charge in [0, 0.05) is 12.0 Å². The number of carbonyl (C=O) groups excluding carboxylic acids is 2. The molecule has 8 rings (SSSR count). The predicted molar refractivity (Wildman–Crippen MR) is 197 cm³/mol. The number of alkyl halides is 2. The Morgan fingerprint density at radius 1 is 0.966 bits per heavy atom. The highest BCUT2D eigenvalue weighted by Gasteiger charge is 2.56. The van der Waals surface area contributed by atoms with Crippen molar-refractivity contribution in [3.8, 4) is 11.5 Å². The van der Waals surface area contributed by atoms with Gasteiger partial charge >= 0.3 is 26.6 Å². The van der Waals surface area contributed by atoms with Crippen LogP contribution in [0.4, 0.5) is 19.4 Å². The van der Waals surface area contributed by atoms with Crippen LogP contribution in [0.3, 0.4) is 0 Å². The molecule has 2 aromatic heterocycles. The molecule has 3 saturated heterocycles. The molecule has 4 aromatic rings. The standard InChI is InChI=1S/C33H33F2N7O14P2S/c34-23-20-11-50-57(47,48)55-26-21(54-30(24(26)35)42-15-39-25-28(36)37-14-38-29(25)42)12-51-58(49,56-27(23)31(53-20)41-10-9-22(44)40-33(41)46)59-13-16-1-7-19(8-2-16)52-32(45)17-3-5-18(43)6-4-17/h1-10,14-15,20-24,26-27,30-31,43-44H,11-13H2,(H,40,46)(H,47,48)(H2,36,37,38)/t20-,21?,22?,23-,24-,26-,27-,30-,31-,58-/m1/s1. The molecule has 0 spiro atoms. The number of aromatic nitrogens is 4. The Morgan fingerprint density at radius 3 is 2.44 bits per heavy atom. The van der Waals surface area contributed by atoms with E-state index >= 15 is 8.78 Å². The van der Waals surface area contributed by atoms with Gasteiger partial charge in [-0.25, -0.2) is 42.5 Å². The number of aromatic hydroxyl groups is 1. The van der Waals surface area contributed by atoms with Crippen LogP contribution in [0.2, 0.25) is 0 Å². The van der Waals surface area contributed by atoms with Gasteiger partial charge in [-0.05, 0) is 59.4 Å². The Kier molecular flexibility index (Phi) is 11.5. The fraction of sp³-hybridized carbons (Fsp3) is 0.364. The van der Waals surface area contributed by atoms with E-state index in [-0.39, 0.29) is 39.8 Å². The van der Waals surface area contributed by atoms with Crippen molar-refractivity contribution in [2.45, 2.75) is 61.2 Å². The van der Waals surface area contributed by atoms with E-state index in [0.717, 1.165) is 34.4 Å². The molecule has 26 heteroatoms. The van der Waals surface area contributed by atoms with Gasteiger partial charge in [-0.3, -0.25) is 27.6 Å². The number of phenolic OH excluding ortho intramolecular Hbond substituents is 1. The van der Waals surface area contributed by atoms with E-state index in [1.807, 2.05) is 0 Å². The molecule has 3 fully saturated rings. The number of phosphoric acid groups is 1. The summed E-state index contributed by atoms with van der Waals surface area (Å²) in [7, 11) is -5.26. The van der Waals surface area contributed by atoms with E-state index < -0.39 is 95.3 Å². The topological polar surface area (TPSA) is 278 Å². The number of benzene rings is 2. The minimum Gasteiger partial charge on any atom is -0.508 e. The molecule has 59 heavy (non-hydrogen) atoms. The monoisotopic (exact) mass is 883 g/mol. The van der Waals surface area contributed by atoms with Crippen LogP contribution in [0, 0.1) is 0 Å². The van der Waals surface area contributed by atoms with E-state index in [0.29, 0.717) is 16.9 Å². The first kappa shape index (κ1) is 41.2. The van der Waals surface area contributed by atoms with Gasteiger partial charge in [0.15, 0.2) is 36.3 Å². The van der Waals surface area contributed by atoms with Crippen LogP contribution in [0.5, 0.6) is 11.5 Å². The number of nitrogens with one attached hydrogen (secondary N) is 1. The molecule has 4 aliphatic heterocycles. The number of phenols is 1. The Bertz CT molecular complexity index is 2350. The summed E-state index contributed by atoms with van der Waals surface area (Å²) in [6, 6.07) is 10.4. The molecule has 2 aromatic carbocycles. The largest absolute Gasteiger partial charge is 0.508 e. The first-order chi connectivity index (χ1) is 28.2. The van der Waals surface area contributed by atoms with Crippen LogP contribution in [0.15, 0.2) is 73.5 Å². The third-order valence-electron chi connectivity index (χ3n) is 9.33. The predicted octanol–water partition coefficient (Wildman–Crippen LogP) is 3.45. The van der Waals surface area contributed by atoms with Gasteiger partial charge in [0.25, 0.3) is 0 Å². The van der Waals surface area contributed by atoms with Gasteiger partial charge in [-0.2, -0.15) is 0 Å². The lowest BCUT2D eigenvalue weighted by Crippen LogP contribution is -2.53. The highest BCUT2D eigenvalue weighted by atomic mass is 32.7. The van der Waals surface area contributed by atoms with Gasteiger partial charge < -0.3 is 40.4 Å². The second-order valence-corrected chi connectivity index (χ2v) is 18.7. The molecule has 6 N–H and O–H groups in total. The lowest BCUT2D eigenvalue weighted by molar-refractivity contribution is -0.0721. The van der Waals surface area contributed by atoms with Gasteiger partial charge in [-0.1, -0.05) is 12.1 Å². The lowest BCUT2D eigenvalue weighted by atomic mass is 10.1. The normalized spacial score (nSPS) is 33.7. The molecule has 314 valence electrons. The van der Waals surface area contributed by atoms with Crippen molar-refractivity contribution in [3.05, 3.63) is 84.6 Å². The summed E-state index contributed by atoms with van der Waals surface area (Å²) in [5, 5.41) is 21.6. The second kappa shape index (κ2) is 16.5. The summed E-state index contributed by atoms with van der Waals surface area (Å²) >= 11 is 0.562. The number of phosphoric ester groups is 1. The number of anilines is 1. The van der Waals surface area contributed by atoms with E-state index in [1.54, 1.807) is 0 Å². The summed E-state index contributed by atoms with van der Waals surface area (Å²) in [6.07, 6.45) is -11.9. The quantitative estimate of drug-likeness (QED) is 0.101. The first-order valence-corrected chi connectivity index (χ1v) is 22.1. The summed E-state index contributed by atoms with van der Waals surface area (Å²) in [5.74, 6) is -0.746. The summed E-state index contributed by atoms with van der Waals surface area (Å²) in [5.41, 5.74) is 6.71. The number of urea groups is 1. The average Bonchev–Trinajstić information content (AvgIpc) is 3.86. The smallest absolute Gasteiger partial charge is 0.472 e. The molecule has 4 aliphatic rings. The van der Waals surface area contributed by atoms with E-state index in [9.17, 15) is 33.8 Å². The zero-order valence-electron chi connectivity index (χ0n) is 30.0. The average molecular weight is 884 g/mol. The number of aliphatic hydroxyl groups excluding tert-OH is 1. The molecule has 0 aliphatic carbocycles. The van der Waals surface area contributed by atoms with E-state index in [4.69, 9.17) is 38.0 Å². The molecule has 0 radical (unpaired) electrons. The number of nitrogens with two attached hydrogens (primary N) is 1. The minimum atomic E-state index is -5.26. The van der Waals surface area contributed by atoms with Crippen LogP contribution >= 0.6 is 26.0 Å². The van der Waals surface area contributed by atoms with E-state index in [1.165, 1.54) is 48.5 Å². The highest BCUT2D eigenvalue weighted by molar-refractivity contribution is 8.54. The fourth-order valence-corrected chi connectivity index (χ4v) is 10.7. The number of imidazole rings is 1. The molecule has 21 nitrogen and oxygen atoms in total. The molecular formula is C33H33F2N7O14P2S. The summed E-state index contributed by atoms with van der Waals surface area (Å²) < 4.78 is 101. The number of hydrogen-bond acceptors (Lipinski definition) is 18. The molecule has 11 atom stereocenters. The molecule has 6 heterocycles. The zero-order valence-corrected chi connectivity index (χ0v) is 32.6. The molecule has 2 bridgehead atoms. The number of esters is 1. The Hall–Kier alpha value is -4.58. The number of hydrogen-bond donors (Lipinski definition) is 5. The van der Waals surface area contributed by atoms with Gasteiger partial charge in [-0.15, -0.1) is 0 Å². The van der Waals surface area contributed by atoms with Crippen molar-refractivity contribution in [1.82, 2.24) is 29.7 Å². The Morgan fingerprint density at radius 2 is 1.69 bits per heavy atom. The number of aliphatic hydroxyl groups is 1. The summed E-state index contributed by atoms with van der Waals surface area (Å²) in [6.45, 7) is -6.51. The number of nitrogens with zero attached hydrogens (tertiary/aromatic N) is 5. The number of amides is 2. The molecule has 3 unspecified atom stereocenters. The molecular weight excluding hydrogens is 850 g/mol. The van der Waals surface area contributed by atoms with Gasteiger partial charge in [0.1, 0.15) is 54.0 Å². The van der Waals surface area contributed by atoms with Crippen LogP contribution in [-0.4, -0.2) is 114 Å². The number of halogens is 2. The van der Waals surface area contributed by atoms with E-state index in [2.05, 4.69) is 20.3 Å². The maximum Gasteiger partial charge on any atom is 0.472 e. The van der Waals surface area contributed by atoms with Gasteiger partial charge in [0.2, 0.25) is 0 Å². The van der Waals surface area contributed by atoms with Gasteiger partial charge in [0.05, 0.1) is 25.1 Å². The van der Waals surface area contributed by atoms with Crippen LogP contribution < -0.4 is 15.8 Å².